The van der Waals surface area contributed by atoms with Crippen molar-refractivity contribution in [2.45, 2.75) is 39.2 Å². The Morgan fingerprint density at radius 3 is 2.86 bits per heavy atom. The van der Waals surface area contributed by atoms with Crippen LogP contribution in [-0.2, 0) is 24.8 Å². The number of unbranched alkanes of at least 4 members (excludes halogenated alkanes) is 1. The van der Waals surface area contributed by atoms with Crippen molar-refractivity contribution in [2.75, 3.05) is 6.54 Å². The number of nitrogens with zero attached hydrogens (tertiary/aromatic N) is 4. The van der Waals surface area contributed by atoms with E-state index in [0.717, 1.165) is 37.2 Å². The number of pyridine rings is 1. The van der Waals surface area contributed by atoms with E-state index in [1.54, 1.807) is 12.4 Å². The number of hydrogen-bond donors (Lipinski definition) is 0. The molecule has 2 aromatic rings. The van der Waals surface area contributed by atoms with Crippen molar-refractivity contribution in [3.05, 3.63) is 48.3 Å². The molecule has 5 nitrogen and oxygen atoms in total. The topological polar surface area (TPSA) is 51.0 Å². The smallest absolute Gasteiger partial charge is 0.223 e. The summed E-state index contributed by atoms with van der Waals surface area (Å²) in [6.07, 6.45) is 10.6. The summed E-state index contributed by atoms with van der Waals surface area (Å²) in [5, 5.41) is 0. The summed E-state index contributed by atoms with van der Waals surface area (Å²) >= 11 is 0. The first-order chi connectivity index (χ1) is 10.7. The molecule has 0 saturated carbocycles. The highest BCUT2D eigenvalue weighted by Crippen LogP contribution is 2.09. The Labute approximate surface area is 132 Å². The molecule has 0 bridgehead atoms. The molecule has 1 amide bonds. The highest BCUT2D eigenvalue weighted by atomic mass is 16.2. The molecule has 0 aromatic carbocycles. The minimum atomic E-state index is 0.181. The summed E-state index contributed by atoms with van der Waals surface area (Å²) < 4.78 is 1.97. The largest absolute Gasteiger partial charge is 0.337 e. The second-order valence-electron chi connectivity index (χ2n) is 5.48. The fraction of sp³-hybridized carbons (Fsp3) is 0.471. The van der Waals surface area contributed by atoms with Crippen LogP contribution in [0.5, 0.6) is 0 Å². The van der Waals surface area contributed by atoms with Gasteiger partial charge in [-0.3, -0.25) is 9.78 Å². The lowest BCUT2D eigenvalue weighted by Gasteiger charge is -2.22. The van der Waals surface area contributed by atoms with Crippen LogP contribution in [0.3, 0.4) is 0 Å². The van der Waals surface area contributed by atoms with Gasteiger partial charge in [0, 0.05) is 44.8 Å². The van der Waals surface area contributed by atoms with Gasteiger partial charge in [-0.2, -0.15) is 0 Å². The average molecular weight is 300 g/mol. The van der Waals surface area contributed by atoms with Crippen LogP contribution in [0.4, 0.5) is 0 Å². The molecule has 22 heavy (non-hydrogen) atoms. The Kier molecular flexibility index (Phi) is 6.13. The van der Waals surface area contributed by atoms with Crippen LogP contribution in [0.15, 0.2) is 36.9 Å². The van der Waals surface area contributed by atoms with Gasteiger partial charge in [0.05, 0.1) is 6.54 Å². The molecule has 2 rings (SSSR count). The van der Waals surface area contributed by atoms with Gasteiger partial charge in [-0.25, -0.2) is 4.98 Å². The van der Waals surface area contributed by atoms with Crippen LogP contribution in [0.25, 0.3) is 0 Å². The predicted molar refractivity (Wildman–Crippen MR) is 86.1 cm³/mol. The van der Waals surface area contributed by atoms with Crippen molar-refractivity contribution >= 4 is 5.91 Å². The zero-order valence-electron chi connectivity index (χ0n) is 13.4. The Morgan fingerprint density at radius 2 is 2.23 bits per heavy atom. The summed E-state index contributed by atoms with van der Waals surface area (Å²) in [5.74, 6) is 1.10. The van der Waals surface area contributed by atoms with E-state index in [4.69, 9.17) is 0 Å². The number of carbonyl (C=O) groups is 1. The average Bonchev–Trinajstić information content (AvgIpc) is 2.95. The maximum absolute atomic E-state index is 12.5. The molecule has 2 heterocycles. The Morgan fingerprint density at radius 1 is 1.36 bits per heavy atom. The summed E-state index contributed by atoms with van der Waals surface area (Å²) in [6.45, 7) is 3.50. The molecule has 0 N–H and O–H groups in total. The van der Waals surface area contributed by atoms with E-state index in [-0.39, 0.29) is 5.91 Å². The van der Waals surface area contributed by atoms with Crippen molar-refractivity contribution in [3.8, 4) is 0 Å². The molecule has 0 aliphatic carbocycles. The molecule has 0 aliphatic heterocycles. The Balaban J connectivity index is 1.95. The summed E-state index contributed by atoms with van der Waals surface area (Å²) in [4.78, 5) is 22.9. The molecular formula is C17H24N4O. The fourth-order valence-corrected chi connectivity index (χ4v) is 2.32. The molecule has 0 saturated heterocycles. The lowest BCUT2D eigenvalue weighted by Crippen LogP contribution is -2.32. The zero-order valence-corrected chi connectivity index (χ0v) is 13.4. The van der Waals surface area contributed by atoms with Gasteiger partial charge in [0.2, 0.25) is 5.91 Å². The van der Waals surface area contributed by atoms with Crippen molar-refractivity contribution in [3.63, 3.8) is 0 Å². The van der Waals surface area contributed by atoms with Crippen molar-refractivity contribution in [2.24, 2.45) is 7.05 Å². The zero-order chi connectivity index (χ0) is 15.8. The number of rotatable bonds is 8. The van der Waals surface area contributed by atoms with Gasteiger partial charge in [-0.05, 0) is 24.5 Å². The molecule has 0 aliphatic rings. The van der Waals surface area contributed by atoms with E-state index in [9.17, 15) is 4.79 Å². The summed E-state index contributed by atoms with van der Waals surface area (Å²) in [6, 6.07) is 3.91. The van der Waals surface area contributed by atoms with Crippen LogP contribution in [0, 0.1) is 0 Å². The summed E-state index contributed by atoms with van der Waals surface area (Å²) in [5.41, 5.74) is 1.10. The normalized spacial score (nSPS) is 10.6. The molecule has 0 radical (unpaired) electrons. The first-order valence-corrected chi connectivity index (χ1v) is 7.83. The van der Waals surface area contributed by atoms with E-state index in [1.165, 1.54) is 0 Å². The third-order valence-corrected chi connectivity index (χ3v) is 3.74. The van der Waals surface area contributed by atoms with Crippen LogP contribution >= 0.6 is 0 Å². The molecule has 118 valence electrons. The Bertz CT molecular complexity index is 579. The molecule has 5 heteroatoms. The van der Waals surface area contributed by atoms with Crippen LogP contribution in [0.2, 0.25) is 0 Å². The van der Waals surface area contributed by atoms with Gasteiger partial charge in [0.1, 0.15) is 5.82 Å². The van der Waals surface area contributed by atoms with E-state index >= 15 is 0 Å². The summed E-state index contributed by atoms with van der Waals surface area (Å²) in [7, 11) is 1.96. The third-order valence-electron chi connectivity index (χ3n) is 3.74. The minimum absolute atomic E-state index is 0.181. The van der Waals surface area contributed by atoms with Crippen LogP contribution < -0.4 is 0 Å². The number of hydrogen-bond acceptors (Lipinski definition) is 3. The highest BCUT2D eigenvalue weighted by molar-refractivity contribution is 5.76. The lowest BCUT2D eigenvalue weighted by atomic mass is 10.1. The van der Waals surface area contributed by atoms with Gasteiger partial charge in [-0.1, -0.05) is 19.4 Å². The molecule has 0 atom stereocenters. The standard InChI is InChI=1S/C17H24N4O/c1-3-4-11-21(14-16-19-10-12-20(16)2)17(22)8-7-15-6-5-9-18-13-15/h5-6,9-10,12-13H,3-4,7-8,11,14H2,1-2H3. The fourth-order valence-electron chi connectivity index (χ4n) is 2.32. The molecule has 0 unspecified atom stereocenters. The minimum Gasteiger partial charge on any atom is -0.337 e. The lowest BCUT2D eigenvalue weighted by molar-refractivity contribution is -0.132. The first kappa shape index (κ1) is 16.2. The maximum atomic E-state index is 12.5. The number of aromatic nitrogens is 3. The molecule has 0 spiro atoms. The number of imidazole rings is 1. The maximum Gasteiger partial charge on any atom is 0.223 e. The van der Waals surface area contributed by atoms with Gasteiger partial charge >= 0.3 is 0 Å². The van der Waals surface area contributed by atoms with Crippen molar-refractivity contribution in [1.82, 2.24) is 19.4 Å². The van der Waals surface area contributed by atoms with E-state index < -0.39 is 0 Å². The number of amides is 1. The molecule has 2 aromatic heterocycles. The quantitative estimate of drug-likeness (QED) is 0.753. The molecule has 0 fully saturated rings. The Hall–Kier alpha value is -2.17. The number of aryl methyl sites for hydroxylation is 2. The van der Waals surface area contributed by atoms with Crippen LogP contribution in [0.1, 0.15) is 37.6 Å². The van der Waals surface area contributed by atoms with E-state index in [1.807, 2.05) is 41.0 Å². The van der Waals surface area contributed by atoms with Gasteiger partial charge < -0.3 is 9.47 Å². The second-order valence-corrected chi connectivity index (χ2v) is 5.48. The van der Waals surface area contributed by atoms with Crippen molar-refractivity contribution < 1.29 is 4.79 Å². The SMILES string of the molecule is CCCCN(Cc1nccn1C)C(=O)CCc1cccnc1. The van der Waals surface area contributed by atoms with Crippen molar-refractivity contribution in [1.29, 1.82) is 0 Å². The van der Waals surface area contributed by atoms with E-state index in [0.29, 0.717) is 13.0 Å². The highest BCUT2D eigenvalue weighted by Gasteiger charge is 2.15. The number of carbonyl (C=O) groups excluding carboxylic acids is 1. The first-order valence-electron chi connectivity index (χ1n) is 7.83. The predicted octanol–water partition coefficient (Wildman–Crippen LogP) is 2.58. The monoisotopic (exact) mass is 300 g/mol. The van der Waals surface area contributed by atoms with Crippen LogP contribution in [-0.4, -0.2) is 31.9 Å². The van der Waals surface area contributed by atoms with Gasteiger partial charge in [-0.15, -0.1) is 0 Å². The second kappa shape index (κ2) is 8.32. The molecular weight excluding hydrogens is 276 g/mol. The van der Waals surface area contributed by atoms with Gasteiger partial charge in [0.15, 0.2) is 0 Å². The van der Waals surface area contributed by atoms with Gasteiger partial charge in [0.25, 0.3) is 0 Å². The third kappa shape index (κ3) is 4.69. The van der Waals surface area contributed by atoms with E-state index in [2.05, 4.69) is 16.9 Å².